The van der Waals surface area contributed by atoms with Crippen molar-refractivity contribution in [2.45, 2.75) is 25.5 Å². The maximum absolute atomic E-state index is 13.3. The Labute approximate surface area is 88.0 Å². The van der Waals surface area contributed by atoms with Crippen molar-refractivity contribution < 1.29 is 13.5 Å². The fraction of sp³-hybridized carbons (Fsp3) is 0.455. The molecule has 0 amide bonds. The minimum atomic E-state index is -0.546. The van der Waals surface area contributed by atoms with Gasteiger partial charge in [0.2, 0.25) is 0 Å². The van der Waals surface area contributed by atoms with Gasteiger partial charge in [-0.3, -0.25) is 0 Å². The molecule has 1 rings (SSSR count). The lowest BCUT2D eigenvalue weighted by Crippen LogP contribution is -2.19. The Morgan fingerprint density at radius 2 is 2.07 bits per heavy atom. The van der Waals surface area contributed by atoms with Crippen LogP contribution in [0.4, 0.5) is 8.78 Å². The van der Waals surface area contributed by atoms with Gasteiger partial charge in [0.05, 0.1) is 6.10 Å². The molecule has 0 aliphatic heterocycles. The number of halogens is 2. The van der Waals surface area contributed by atoms with Gasteiger partial charge in [-0.05, 0) is 31.5 Å². The molecule has 0 aromatic heterocycles. The van der Waals surface area contributed by atoms with E-state index in [9.17, 15) is 8.78 Å². The molecule has 0 bridgehead atoms. The molecular formula is C11H15F2NO. The summed E-state index contributed by atoms with van der Waals surface area (Å²) in [6.07, 6.45) is 0.374. The van der Waals surface area contributed by atoms with Crippen molar-refractivity contribution in [1.82, 2.24) is 0 Å². The highest BCUT2D eigenvalue weighted by atomic mass is 19.1. The Bertz CT molecular complexity index is 330. The monoisotopic (exact) mass is 215 g/mol. The van der Waals surface area contributed by atoms with E-state index in [1.54, 1.807) is 7.11 Å². The number of hydrogen-bond donors (Lipinski definition) is 1. The van der Waals surface area contributed by atoms with Crippen LogP contribution in [0.5, 0.6) is 0 Å². The summed E-state index contributed by atoms with van der Waals surface area (Å²) in [7, 11) is 1.55. The fourth-order valence-corrected chi connectivity index (χ4v) is 1.38. The van der Waals surface area contributed by atoms with Crippen LogP contribution >= 0.6 is 0 Å². The molecule has 0 saturated heterocycles. The molecule has 0 aliphatic rings. The van der Waals surface area contributed by atoms with Gasteiger partial charge in [0.1, 0.15) is 11.6 Å². The van der Waals surface area contributed by atoms with Crippen molar-refractivity contribution in [3.8, 4) is 0 Å². The molecule has 15 heavy (non-hydrogen) atoms. The summed E-state index contributed by atoms with van der Waals surface area (Å²) in [6, 6.07) is 2.74. The van der Waals surface area contributed by atoms with Gasteiger partial charge in [0, 0.05) is 18.7 Å². The normalized spacial score (nSPS) is 15.0. The van der Waals surface area contributed by atoms with Crippen molar-refractivity contribution in [2.75, 3.05) is 7.11 Å². The summed E-state index contributed by atoms with van der Waals surface area (Å²) >= 11 is 0. The molecule has 2 atom stereocenters. The van der Waals surface area contributed by atoms with Crippen LogP contribution in [0.15, 0.2) is 18.2 Å². The predicted octanol–water partition coefficient (Wildman–Crippen LogP) is 2.39. The Balaban J connectivity index is 2.80. The van der Waals surface area contributed by atoms with Crippen LogP contribution < -0.4 is 5.73 Å². The number of methoxy groups -OCH3 is 1. The molecule has 2 unspecified atom stereocenters. The highest BCUT2D eigenvalue weighted by Crippen LogP contribution is 2.20. The van der Waals surface area contributed by atoms with E-state index in [-0.39, 0.29) is 11.7 Å². The van der Waals surface area contributed by atoms with Gasteiger partial charge in [-0.15, -0.1) is 0 Å². The first-order valence-electron chi connectivity index (χ1n) is 4.78. The van der Waals surface area contributed by atoms with E-state index in [1.807, 2.05) is 6.92 Å². The van der Waals surface area contributed by atoms with E-state index in [0.717, 1.165) is 18.2 Å². The van der Waals surface area contributed by atoms with Crippen LogP contribution in [0.2, 0.25) is 0 Å². The number of benzene rings is 1. The lowest BCUT2D eigenvalue weighted by molar-refractivity contribution is 0.104. The van der Waals surface area contributed by atoms with Crippen molar-refractivity contribution in [2.24, 2.45) is 5.73 Å². The lowest BCUT2D eigenvalue weighted by atomic mass is 10.0. The first-order chi connectivity index (χ1) is 7.04. The van der Waals surface area contributed by atoms with Crippen LogP contribution in [0.1, 0.15) is 24.9 Å². The lowest BCUT2D eigenvalue weighted by Gasteiger charge is -2.17. The van der Waals surface area contributed by atoms with Crippen LogP contribution in [-0.2, 0) is 4.74 Å². The van der Waals surface area contributed by atoms with E-state index in [4.69, 9.17) is 10.5 Å². The summed E-state index contributed by atoms with van der Waals surface area (Å²) in [5, 5.41) is 0. The summed E-state index contributed by atoms with van der Waals surface area (Å²) < 4.78 is 31.2. The summed E-state index contributed by atoms with van der Waals surface area (Å²) in [6.45, 7) is 1.83. The highest BCUT2D eigenvalue weighted by Gasteiger charge is 2.15. The first-order valence-corrected chi connectivity index (χ1v) is 4.78. The molecule has 2 N–H and O–H groups in total. The van der Waals surface area contributed by atoms with Crippen LogP contribution in [0.25, 0.3) is 0 Å². The first kappa shape index (κ1) is 12.1. The second kappa shape index (κ2) is 5.19. The third-order valence-electron chi connectivity index (χ3n) is 2.35. The molecular weight excluding hydrogens is 200 g/mol. The predicted molar refractivity (Wildman–Crippen MR) is 54.4 cm³/mol. The van der Waals surface area contributed by atoms with Crippen molar-refractivity contribution >= 4 is 0 Å². The van der Waals surface area contributed by atoms with Gasteiger partial charge in [-0.25, -0.2) is 8.78 Å². The van der Waals surface area contributed by atoms with Gasteiger partial charge in [0.15, 0.2) is 0 Å². The second-order valence-electron chi connectivity index (χ2n) is 3.55. The van der Waals surface area contributed by atoms with Gasteiger partial charge in [0.25, 0.3) is 0 Å². The Kier molecular flexibility index (Phi) is 4.17. The third-order valence-corrected chi connectivity index (χ3v) is 2.35. The zero-order valence-electron chi connectivity index (χ0n) is 8.84. The van der Waals surface area contributed by atoms with E-state index in [2.05, 4.69) is 0 Å². The molecule has 2 nitrogen and oxygen atoms in total. The maximum Gasteiger partial charge on any atom is 0.128 e. The average molecular weight is 215 g/mol. The molecule has 0 fully saturated rings. The molecule has 0 radical (unpaired) electrons. The van der Waals surface area contributed by atoms with Crippen molar-refractivity contribution in [1.29, 1.82) is 0 Å². The minimum absolute atomic E-state index is 0.0809. The van der Waals surface area contributed by atoms with Gasteiger partial charge in [-0.1, -0.05) is 0 Å². The highest BCUT2D eigenvalue weighted by molar-refractivity contribution is 5.22. The minimum Gasteiger partial charge on any atom is -0.382 e. The molecule has 0 saturated carbocycles. The number of nitrogens with two attached hydrogens (primary N) is 1. The zero-order chi connectivity index (χ0) is 11.4. The molecule has 0 heterocycles. The van der Waals surface area contributed by atoms with E-state index in [0.29, 0.717) is 6.42 Å². The summed E-state index contributed by atoms with van der Waals surface area (Å²) in [5.41, 5.74) is 5.95. The van der Waals surface area contributed by atoms with Crippen LogP contribution in [-0.4, -0.2) is 13.2 Å². The Morgan fingerprint density at radius 1 is 1.40 bits per heavy atom. The molecule has 0 aliphatic carbocycles. The van der Waals surface area contributed by atoms with Crippen molar-refractivity contribution in [3.63, 3.8) is 0 Å². The molecule has 0 spiro atoms. The van der Waals surface area contributed by atoms with Gasteiger partial charge < -0.3 is 10.5 Å². The van der Waals surface area contributed by atoms with E-state index >= 15 is 0 Å². The molecule has 1 aromatic carbocycles. The third kappa shape index (κ3) is 3.25. The average Bonchev–Trinajstić information content (AvgIpc) is 2.21. The summed E-state index contributed by atoms with van der Waals surface area (Å²) in [4.78, 5) is 0. The molecule has 4 heteroatoms. The number of rotatable bonds is 4. The van der Waals surface area contributed by atoms with E-state index in [1.165, 1.54) is 0 Å². The largest absolute Gasteiger partial charge is 0.382 e. The number of hydrogen-bond acceptors (Lipinski definition) is 2. The molecule has 1 aromatic rings. The SMILES string of the molecule is COC(C)CC(N)c1cc(F)ccc1F. The van der Waals surface area contributed by atoms with Gasteiger partial charge in [-0.2, -0.15) is 0 Å². The Morgan fingerprint density at radius 3 is 2.67 bits per heavy atom. The smallest absolute Gasteiger partial charge is 0.128 e. The zero-order valence-corrected chi connectivity index (χ0v) is 8.84. The molecule has 84 valence electrons. The number of ether oxygens (including phenoxy) is 1. The maximum atomic E-state index is 13.3. The quantitative estimate of drug-likeness (QED) is 0.837. The Hall–Kier alpha value is -1.00. The van der Waals surface area contributed by atoms with Crippen molar-refractivity contribution in [3.05, 3.63) is 35.4 Å². The van der Waals surface area contributed by atoms with Gasteiger partial charge >= 0.3 is 0 Å². The van der Waals surface area contributed by atoms with Crippen LogP contribution in [0, 0.1) is 11.6 Å². The van der Waals surface area contributed by atoms with E-state index < -0.39 is 17.7 Å². The fourth-order valence-electron chi connectivity index (χ4n) is 1.38. The second-order valence-corrected chi connectivity index (χ2v) is 3.55. The topological polar surface area (TPSA) is 35.2 Å². The van der Waals surface area contributed by atoms with Crippen LogP contribution in [0.3, 0.4) is 0 Å². The summed E-state index contributed by atoms with van der Waals surface area (Å²) in [5.74, 6) is -0.959. The standard InChI is InChI=1S/C11H15F2NO/c1-7(15-2)5-11(14)9-6-8(12)3-4-10(9)13/h3-4,6-7,11H,5,14H2,1-2H3.